The lowest BCUT2D eigenvalue weighted by Crippen LogP contribution is -2.61. The van der Waals surface area contributed by atoms with Crippen LogP contribution in [-0.2, 0) is 61.8 Å². The molecule has 516 valence electrons. The van der Waals surface area contributed by atoms with Crippen molar-refractivity contribution in [2.75, 3.05) is 33.0 Å². The molecule has 0 amide bonds. The Bertz CT molecular complexity index is 2480. The molecule has 91 heavy (non-hydrogen) atoms. The lowest BCUT2D eigenvalue weighted by molar-refractivity contribution is -0.326. The molecule has 18 N–H and O–H groups in total. The fraction of sp³-hybridized carbons (Fsp3) is 0.683. The Morgan fingerprint density at radius 2 is 0.769 bits per heavy atom. The smallest absolute Gasteiger partial charge is 0.336 e. The first-order valence-corrected chi connectivity index (χ1v) is 29.3. The highest BCUT2D eigenvalue weighted by molar-refractivity contribution is 5.88. The van der Waals surface area contributed by atoms with Crippen LogP contribution in [0.1, 0.15) is 61.3 Å². The van der Waals surface area contributed by atoms with Crippen LogP contribution in [0.2, 0.25) is 0 Å². The Morgan fingerprint density at radius 1 is 0.451 bits per heavy atom. The molecule has 26 atom stereocenters. The minimum absolute atomic E-state index is 0.0726. The maximum atomic E-state index is 12.8. The van der Waals surface area contributed by atoms with Gasteiger partial charge in [-0.1, -0.05) is 91.3 Å². The molecule has 0 radical (unpaired) electrons. The van der Waals surface area contributed by atoms with Gasteiger partial charge < -0.3 is 139 Å². The summed E-state index contributed by atoms with van der Waals surface area (Å²) in [7, 11) is 0. The van der Waals surface area contributed by atoms with Crippen molar-refractivity contribution in [3.63, 3.8) is 0 Å². The molecule has 0 aromatic heterocycles. The van der Waals surface area contributed by atoms with Crippen LogP contribution in [0.25, 0.3) is 0 Å². The van der Waals surface area contributed by atoms with Crippen LogP contribution < -0.4 is 0 Å². The van der Waals surface area contributed by atoms with E-state index < -0.39 is 199 Å². The van der Waals surface area contributed by atoms with Crippen LogP contribution >= 0.6 is 0 Å². The summed E-state index contributed by atoms with van der Waals surface area (Å²) < 4.78 is 53.9. The zero-order chi connectivity index (χ0) is 67.9. The third kappa shape index (κ3) is 20.3. The minimum atomic E-state index is -1.86. The Kier molecular flexibility index (Phi) is 29.9. The first kappa shape index (κ1) is 77.2. The number of hydrogen-bond acceptors (Lipinski definition) is 31. The molecule has 0 saturated carbocycles. The number of carbonyl (C=O) groups is 3. The quantitative estimate of drug-likeness (QED) is 0.0208. The normalized spacial score (nSPS) is 40.5. The number of allylic oxidation sites excluding steroid dienone is 13. The average Bonchev–Trinajstić information content (AvgIpc) is 0.901. The minimum Gasteiger partial charge on any atom is -0.429 e. The van der Waals surface area contributed by atoms with E-state index >= 15 is 0 Å². The van der Waals surface area contributed by atoms with Crippen molar-refractivity contribution in [1.29, 1.82) is 0 Å². The number of aliphatic hydroxyl groups is 18. The van der Waals surface area contributed by atoms with Gasteiger partial charge in [-0.2, -0.15) is 0 Å². The Hall–Kier alpha value is -4.51. The number of esters is 2. The number of hydrogen-bond donors (Lipinski definition) is 18. The van der Waals surface area contributed by atoms with Crippen molar-refractivity contribution in [2.45, 2.75) is 221 Å². The van der Waals surface area contributed by atoms with Crippen LogP contribution in [0.5, 0.6) is 0 Å². The van der Waals surface area contributed by atoms with Gasteiger partial charge in [-0.15, -0.1) is 0 Å². The zero-order valence-electron chi connectivity index (χ0n) is 51.2. The van der Waals surface area contributed by atoms with Gasteiger partial charge in [-0.25, -0.2) is 9.59 Å². The maximum Gasteiger partial charge on any atom is 0.336 e. The molecular formula is C60H90O31. The van der Waals surface area contributed by atoms with E-state index in [0.29, 0.717) is 12.8 Å². The molecule has 0 bridgehead atoms. The van der Waals surface area contributed by atoms with Gasteiger partial charge in [0, 0.05) is 11.1 Å². The van der Waals surface area contributed by atoms with Crippen molar-refractivity contribution in [3.05, 3.63) is 94.2 Å². The van der Waals surface area contributed by atoms with E-state index in [1.807, 2.05) is 20.8 Å². The highest BCUT2D eigenvalue weighted by Crippen LogP contribution is 2.41. The molecule has 0 unspecified atom stereocenters. The standard InChI is InChI=1S/C44H64O24.C16H26O7/c1-19(11-7-13-21(3)39(59)67-43-37(57)33(53)29(49)25(65-43)17-61-41-35(55)31(51)27(47)23(15-45)63-41)9-5-6-10-20(2)12-8-14-22(4)40(60)68-44-38(58)34(54)30(50)26(66-44)18-62-42-36(56)32(52)28(48)24(16-46)64-42;1-8-4-9(5-16(2,3)10(8)6-17)22-15-14(21)13(20)12(19)11(7-18)23-15/h5-14,23-38,41-58H,15-18H2,1-4H3;6,9,11-15,18-21H,4-5,7H2,1-3H3/b6-5+,11-7+,12-8+,19-9+,20-10+,21-13+,22-14+;/t23-,24-,25-,26-,27-,28-,29-,30-,31+,32+,33+,34+,35-,36-,37-,38-,41-,42-,43+,44+;9-,11-,12-,13+,14-,15-/m11/s1. The van der Waals surface area contributed by atoms with E-state index in [1.165, 1.54) is 26.0 Å². The van der Waals surface area contributed by atoms with E-state index in [-0.39, 0.29) is 22.7 Å². The molecule has 0 aromatic carbocycles. The van der Waals surface area contributed by atoms with Gasteiger partial charge in [-0.3, -0.25) is 4.79 Å². The molecule has 1 aliphatic carbocycles. The number of ether oxygens (including phenoxy) is 10. The molecule has 6 rings (SSSR count). The Labute approximate surface area is 524 Å². The highest BCUT2D eigenvalue weighted by Gasteiger charge is 2.51. The maximum absolute atomic E-state index is 12.8. The summed E-state index contributed by atoms with van der Waals surface area (Å²) in [6, 6.07) is 0. The predicted octanol–water partition coefficient (Wildman–Crippen LogP) is -5.72. The van der Waals surface area contributed by atoms with E-state index in [1.54, 1.807) is 62.5 Å². The topological polar surface area (TPSA) is 508 Å². The molecular weight excluding hydrogens is 1220 g/mol. The third-order valence-electron chi connectivity index (χ3n) is 16.0. The summed E-state index contributed by atoms with van der Waals surface area (Å²) in [5.74, 6) is -1.86. The fourth-order valence-electron chi connectivity index (χ4n) is 10.3. The summed E-state index contributed by atoms with van der Waals surface area (Å²) in [4.78, 5) is 36.9. The van der Waals surface area contributed by atoms with Gasteiger partial charge in [0.05, 0.1) is 39.1 Å². The second-order valence-electron chi connectivity index (χ2n) is 23.6. The van der Waals surface area contributed by atoms with Gasteiger partial charge in [-0.05, 0) is 58.4 Å². The summed E-state index contributed by atoms with van der Waals surface area (Å²) in [5, 5.41) is 180. The van der Waals surface area contributed by atoms with E-state index in [0.717, 1.165) is 28.6 Å². The van der Waals surface area contributed by atoms with Crippen LogP contribution in [0.4, 0.5) is 0 Å². The number of rotatable bonds is 22. The number of aldehydes is 1. The Morgan fingerprint density at radius 3 is 1.11 bits per heavy atom. The predicted molar refractivity (Wildman–Crippen MR) is 308 cm³/mol. The number of carbonyl (C=O) groups excluding carboxylic acids is 3. The lowest BCUT2D eigenvalue weighted by atomic mass is 9.72. The highest BCUT2D eigenvalue weighted by atomic mass is 16.8. The monoisotopic (exact) mass is 1310 g/mol. The van der Waals surface area contributed by atoms with E-state index in [4.69, 9.17) is 47.4 Å². The van der Waals surface area contributed by atoms with Gasteiger partial charge >= 0.3 is 11.9 Å². The van der Waals surface area contributed by atoms with Crippen molar-refractivity contribution < 1.29 is 154 Å². The largest absolute Gasteiger partial charge is 0.429 e. The van der Waals surface area contributed by atoms with Crippen molar-refractivity contribution in [1.82, 2.24) is 0 Å². The molecule has 31 nitrogen and oxygen atoms in total. The second-order valence-corrected chi connectivity index (χ2v) is 23.6. The Balaban J connectivity index is 0.000000545. The van der Waals surface area contributed by atoms with Gasteiger partial charge in [0.2, 0.25) is 12.6 Å². The van der Waals surface area contributed by atoms with Crippen molar-refractivity contribution in [3.8, 4) is 0 Å². The van der Waals surface area contributed by atoms with Crippen LogP contribution in [0, 0.1) is 5.41 Å². The summed E-state index contributed by atoms with van der Waals surface area (Å²) in [6.45, 7) is 9.07. The zero-order valence-corrected chi connectivity index (χ0v) is 51.2. The SMILES string of the molecule is CC(/C=C/C=C(\C)C(=O)O[C@@H]1O[C@H](CO[C@@H]2O[C@H](CO)[C@@H](O)[C@H](O)[C@H]2O)[C@@H](O)[C@H](O)[C@H]1O)=C\C=C\C=C(C)\C=C\C=C(/C)C(=O)O[C@@H]1O[C@H](CO[C@@H]2O[C@H](CO)[C@@H](O)[C@H](O)[C@H]2O)[C@@H](O)[C@H](O)[C@H]1O.CC1=C(C=O)C(C)(C)C[C@H](O[C@@H]2O[C@H](CO)[C@@H](O)[C@H](O)[C@H]2O)C1. The van der Waals surface area contributed by atoms with E-state index in [2.05, 4.69) is 0 Å². The summed E-state index contributed by atoms with van der Waals surface area (Å²) in [6.07, 6.45) is -21.6. The molecule has 5 aliphatic heterocycles. The van der Waals surface area contributed by atoms with Crippen LogP contribution in [0.3, 0.4) is 0 Å². The lowest BCUT2D eigenvalue weighted by Gasteiger charge is -2.43. The average molecular weight is 1310 g/mol. The van der Waals surface area contributed by atoms with Crippen LogP contribution in [0.15, 0.2) is 94.2 Å². The first-order valence-electron chi connectivity index (χ1n) is 29.3. The van der Waals surface area contributed by atoms with Crippen molar-refractivity contribution >= 4 is 18.2 Å². The second kappa shape index (κ2) is 35.3. The summed E-state index contributed by atoms with van der Waals surface area (Å²) in [5.41, 5.74) is 3.00. The molecule has 5 saturated heterocycles. The fourth-order valence-corrected chi connectivity index (χ4v) is 10.3. The molecule has 6 aliphatic rings. The number of aliphatic hydroxyl groups excluding tert-OH is 18. The van der Waals surface area contributed by atoms with Gasteiger partial charge in [0.1, 0.15) is 128 Å². The molecule has 5 heterocycles. The molecule has 31 heteroatoms. The molecule has 0 spiro atoms. The molecule has 0 aromatic rings. The van der Waals surface area contributed by atoms with Gasteiger partial charge in [0.25, 0.3) is 0 Å². The molecule has 5 fully saturated rings. The van der Waals surface area contributed by atoms with E-state index in [9.17, 15) is 106 Å². The van der Waals surface area contributed by atoms with Crippen LogP contribution in [-0.4, -0.2) is 303 Å². The summed E-state index contributed by atoms with van der Waals surface area (Å²) >= 11 is 0. The van der Waals surface area contributed by atoms with Gasteiger partial charge in [0.15, 0.2) is 18.9 Å². The first-order chi connectivity index (χ1) is 42.8. The third-order valence-corrected chi connectivity index (χ3v) is 16.0. The van der Waals surface area contributed by atoms with Crippen molar-refractivity contribution in [2.24, 2.45) is 5.41 Å².